The third-order valence-corrected chi connectivity index (χ3v) is 7.90. The van der Waals surface area contributed by atoms with Gasteiger partial charge in [-0.1, -0.05) is 75.6 Å². The summed E-state index contributed by atoms with van der Waals surface area (Å²) in [6, 6.07) is 11.5. The van der Waals surface area contributed by atoms with E-state index < -0.39 is 35.8 Å². The number of hydrogen-bond donors (Lipinski definition) is 6. The zero-order valence-corrected chi connectivity index (χ0v) is 45.6. The van der Waals surface area contributed by atoms with Gasteiger partial charge in [0.2, 0.25) is 0 Å². The zero-order valence-electron chi connectivity index (χ0n) is 36.9. The molecule has 0 radical (unpaired) electrons. The monoisotopic (exact) mass is 1540 g/mol. The molecule has 67 heavy (non-hydrogen) atoms. The van der Waals surface area contributed by atoms with Crippen LogP contribution < -0.4 is 0 Å². The quantitative estimate of drug-likeness (QED) is 0.0831. The van der Waals surface area contributed by atoms with E-state index in [1.165, 1.54) is 89.4 Å². The van der Waals surface area contributed by atoms with E-state index in [1.54, 1.807) is 13.2 Å². The molecule has 2 aliphatic carbocycles. The number of benzene rings is 2. The van der Waals surface area contributed by atoms with Gasteiger partial charge in [0.25, 0.3) is 11.9 Å². The van der Waals surface area contributed by atoms with E-state index in [1.807, 2.05) is 0 Å². The van der Waals surface area contributed by atoms with Crippen molar-refractivity contribution >= 4 is 65.6 Å². The van der Waals surface area contributed by atoms with Gasteiger partial charge in [0, 0.05) is 56.1 Å². The number of rotatable bonds is 8. The van der Waals surface area contributed by atoms with Crippen molar-refractivity contribution in [2.24, 2.45) is 11.8 Å². The van der Waals surface area contributed by atoms with Gasteiger partial charge in [-0.15, -0.1) is 0 Å². The van der Waals surface area contributed by atoms with Crippen LogP contribution in [0.2, 0.25) is 0 Å². The van der Waals surface area contributed by atoms with Crippen molar-refractivity contribution in [3.05, 3.63) is 95.5 Å². The Balaban J connectivity index is -0.000000128. The summed E-state index contributed by atoms with van der Waals surface area (Å²) >= 11 is 0. The molecule has 378 valence electrons. The van der Waals surface area contributed by atoms with Crippen LogP contribution >= 0.6 is 0 Å². The second kappa shape index (κ2) is 45.3. The third kappa shape index (κ3) is 42.6. The van der Waals surface area contributed by atoms with E-state index in [4.69, 9.17) is 75.6 Å². The van der Waals surface area contributed by atoms with Crippen LogP contribution in [0, 0.1) is 56.2 Å². The fourth-order valence-electron chi connectivity index (χ4n) is 4.71. The minimum absolute atomic E-state index is 0. The largest absolute Gasteiger partial charge is 2.00 e. The number of ketones is 2. The molecule has 0 bridgehead atoms. The van der Waals surface area contributed by atoms with Crippen LogP contribution in [0.4, 0.5) is 0 Å². The van der Waals surface area contributed by atoms with Crippen LogP contribution in [0.3, 0.4) is 0 Å². The fourth-order valence-corrected chi connectivity index (χ4v) is 4.71. The van der Waals surface area contributed by atoms with Crippen LogP contribution in [0.5, 0.6) is 0 Å². The maximum atomic E-state index is 10.8. The predicted molar refractivity (Wildman–Crippen MR) is 225 cm³/mol. The number of carbonyl (C=O) groups excluding carboxylic acids is 5. The SMILES string of the molecule is CC(=O)O[CH-][C@@H]1CCCC[C@H]1[NH-].CC(=O)O[CH-][C@@H]1CCCC[C@H]1[NH-].CC(=O)c1ccc(C(=O)O)cc1.CC(=O)c1ccc(C(=O)O)cc1.C[C-]=O.O.O=C(O)C(=O)O.O=C(O)C(=O)O.[Pt+2].[Pt+2].[U]. The summed E-state index contributed by atoms with van der Waals surface area (Å²) in [6.45, 7) is 10.1. The molecular weight excluding hydrogens is 1480 g/mol. The molecule has 0 amide bonds. The van der Waals surface area contributed by atoms with Crippen LogP contribution in [0.1, 0.15) is 127 Å². The van der Waals surface area contributed by atoms with Crippen molar-refractivity contribution in [3.63, 3.8) is 0 Å². The number of carboxylic acids is 6. The van der Waals surface area contributed by atoms with E-state index >= 15 is 0 Å². The number of aromatic carboxylic acids is 2. The average Bonchev–Trinajstić information content (AvgIpc) is 3.21. The molecule has 22 nitrogen and oxygen atoms in total. The van der Waals surface area contributed by atoms with Gasteiger partial charge in [0.1, 0.15) is 0 Å². The summed E-state index contributed by atoms with van der Waals surface area (Å²) in [5, 5.41) is 46.6. The van der Waals surface area contributed by atoms with Gasteiger partial charge in [0.15, 0.2) is 11.6 Å². The molecule has 4 rings (SSSR count). The van der Waals surface area contributed by atoms with Gasteiger partial charge in [-0.3, -0.25) is 25.5 Å². The van der Waals surface area contributed by atoms with Crippen LogP contribution in [0.15, 0.2) is 48.5 Å². The van der Waals surface area contributed by atoms with Crippen LogP contribution in [-0.4, -0.2) is 114 Å². The summed E-state index contributed by atoms with van der Waals surface area (Å²) in [6.07, 6.45) is 9.92. The van der Waals surface area contributed by atoms with Gasteiger partial charge < -0.3 is 61.9 Å². The van der Waals surface area contributed by atoms with Gasteiger partial charge >= 0.3 is 77.9 Å². The third-order valence-electron chi connectivity index (χ3n) is 7.90. The summed E-state index contributed by atoms with van der Waals surface area (Å²) in [5.41, 5.74) is 16.7. The van der Waals surface area contributed by atoms with Crippen molar-refractivity contribution in [1.29, 1.82) is 0 Å². The minimum atomic E-state index is -1.82. The molecule has 2 fully saturated rings. The molecule has 0 aliphatic heterocycles. The van der Waals surface area contributed by atoms with Crippen LogP contribution in [-0.2, 0) is 85.2 Å². The summed E-state index contributed by atoms with van der Waals surface area (Å²) in [4.78, 5) is 108. The van der Waals surface area contributed by atoms with Gasteiger partial charge in [-0.2, -0.15) is 44.1 Å². The zero-order chi connectivity index (χ0) is 49.2. The molecule has 2 saturated carbocycles. The number of esters is 2. The molecule has 2 aromatic carbocycles. The fraction of sp³-hybridized carbons (Fsp3) is 0.405. The summed E-state index contributed by atoms with van der Waals surface area (Å²) in [5.74, 6) is -9.64. The van der Waals surface area contributed by atoms with E-state index in [0.717, 1.165) is 51.4 Å². The summed E-state index contributed by atoms with van der Waals surface area (Å²) in [7, 11) is 0. The van der Waals surface area contributed by atoms with E-state index in [-0.39, 0.29) is 137 Å². The topological polar surface area (TPSA) is 407 Å². The first-order valence-corrected chi connectivity index (χ1v) is 18.7. The van der Waals surface area contributed by atoms with Crippen molar-refractivity contribution in [3.8, 4) is 0 Å². The number of nitrogens with one attached hydrogen (secondary N) is 2. The van der Waals surface area contributed by atoms with Gasteiger partial charge in [0.05, 0.1) is 11.1 Å². The Morgan fingerprint density at radius 1 is 0.507 bits per heavy atom. The maximum absolute atomic E-state index is 10.8. The molecule has 0 aromatic heterocycles. The standard InChI is InChI=1S/2C9H15NO2.2C9H8O3.2C2H2O4.C2H3O.H2O.2Pt.U/c2*1-7(11)12-6-8-4-2-3-5-9(8)10;2*1-6(10)7-2-4-8(5-3-7)9(11)12;2*3-1(4)2(5)6;1-2-3;;;;/h2*6,8-10H,2-5H2,1H3;2*2-5H,1H3,(H,11,12);2*(H,3,4)(H,5,6);1H3;1H2;;;/q2*-2;;;;;-1;;2*+2;/t2*8-,9+;;;;;;;;;/m00........./s1. The molecule has 0 unspecified atom stereocenters. The molecule has 25 heteroatoms. The maximum Gasteiger partial charge on any atom is 2.00 e. The van der Waals surface area contributed by atoms with Crippen molar-refractivity contribution < 1.29 is 172 Å². The smallest absolute Gasteiger partial charge is 0.676 e. The van der Waals surface area contributed by atoms with Crippen molar-refractivity contribution in [1.82, 2.24) is 0 Å². The van der Waals surface area contributed by atoms with Gasteiger partial charge in [-0.25, -0.2) is 28.8 Å². The first-order valence-electron chi connectivity index (χ1n) is 18.7. The Morgan fingerprint density at radius 2 is 0.716 bits per heavy atom. The van der Waals surface area contributed by atoms with Crippen molar-refractivity contribution in [2.75, 3.05) is 0 Å². The first-order chi connectivity index (χ1) is 29.3. The second-order valence-corrected chi connectivity index (χ2v) is 12.9. The Kier molecular flexibility index (Phi) is 51.9. The number of aliphatic carboxylic acids is 4. The Labute approximate surface area is 439 Å². The molecule has 2 aromatic rings. The normalized spacial score (nSPS) is 15.6. The number of hydrogen-bond acceptors (Lipinski definition) is 13. The second-order valence-electron chi connectivity index (χ2n) is 12.9. The number of carboxylic acid groups (broad SMARTS) is 6. The minimum Gasteiger partial charge on any atom is -0.676 e. The molecule has 10 N–H and O–H groups in total. The molecule has 4 atom stereocenters. The van der Waals surface area contributed by atoms with Gasteiger partial charge in [-0.05, 0) is 38.1 Å². The molecular formula is C42H55N2O20Pt2U-. The van der Waals surface area contributed by atoms with Crippen molar-refractivity contribution in [2.45, 2.75) is 98.1 Å². The Morgan fingerprint density at radius 3 is 0.881 bits per heavy atom. The van der Waals surface area contributed by atoms with E-state index in [9.17, 15) is 28.8 Å². The number of Topliss-reactive ketones (excluding diaryl/α,β-unsaturated/α-hetero) is 2. The summed E-state index contributed by atoms with van der Waals surface area (Å²) < 4.78 is 9.54. The number of carbonyl (C=O) groups is 10. The Hall–Kier alpha value is -4.48. The first kappa shape index (κ1) is 76.8. The van der Waals surface area contributed by atoms with E-state index in [2.05, 4.69) is 0 Å². The predicted octanol–water partition coefficient (Wildman–Crippen LogP) is 5.42. The molecule has 0 heterocycles. The number of ether oxygens (including phenoxy) is 2. The van der Waals surface area contributed by atoms with E-state index in [0.29, 0.717) is 11.1 Å². The molecule has 0 spiro atoms. The molecule has 0 saturated heterocycles. The Bertz CT molecular complexity index is 1600. The molecule has 2 aliphatic rings. The average molecular weight is 1540 g/mol. The van der Waals surface area contributed by atoms with Crippen LogP contribution in [0.25, 0.3) is 11.5 Å².